The second-order valence-corrected chi connectivity index (χ2v) is 4.02. The van der Waals surface area contributed by atoms with Crippen LogP contribution < -0.4 is 0 Å². The molecule has 0 aliphatic rings. The molecular weight excluding hydrogens is 216 g/mol. The van der Waals surface area contributed by atoms with Crippen molar-refractivity contribution in [2.75, 3.05) is 0 Å². The Balaban J connectivity index is 2.44. The summed E-state index contributed by atoms with van der Waals surface area (Å²) in [5.74, 6) is 0.508. The van der Waals surface area contributed by atoms with E-state index in [1.54, 1.807) is 0 Å². The first-order valence-corrected chi connectivity index (χ1v) is 5.43. The van der Waals surface area contributed by atoms with E-state index in [0.717, 1.165) is 15.7 Å². The number of hydrogen-bond acceptors (Lipinski definition) is 2. The van der Waals surface area contributed by atoms with Crippen molar-refractivity contribution < 1.29 is 9.90 Å². The fourth-order valence-electron chi connectivity index (χ4n) is 2.01. The molecule has 0 spiro atoms. The largest absolute Gasteiger partial charge is 0.464 e. The highest BCUT2D eigenvalue weighted by Gasteiger charge is 2.18. The second-order valence-electron chi connectivity index (χ2n) is 4.02. The Bertz CT molecular complexity index is 546. The highest BCUT2D eigenvalue weighted by atomic mass is 16.4. The highest BCUT2D eigenvalue weighted by molar-refractivity contribution is 5.69. The van der Waals surface area contributed by atoms with Crippen molar-refractivity contribution in [2.45, 2.75) is 19.8 Å². The van der Waals surface area contributed by atoms with Crippen LogP contribution in [0.1, 0.15) is 29.8 Å². The smallest absolute Gasteiger partial charge is 0.417 e. The topological polar surface area (TPSA) is 55.1 Å². The number of hydrogen-bond donors (Lipinski definition) is 1. The van der Waals surface area contributed by atoms with Crippen molar-refractivity contribution in [2.24, 2.45) is 0 Å². The van der Waals surface area contributed by atoms with Gasteiger partial charge in [0.1, 0.15) is 5.82 Å². The number of rotatable bonds is 2. The normalized spacial score (nSPS) is 12.4. The maximum Gasteiger partial charge on any atom is 0.417 e. The van der Waals surface area contributed by atoms with Crippen LogP contribution in [-0.2, 0) is 0 Å². The Hall–Kier alpha value is -2.10. The summed E-state index contributed by atoms with van der Waals surface area (Å²) in [6.07, 6.45) is 1.97. The van der Waals surface area contributed by atoms with Gasteiger partial charge >= 0.3 is 6.09 Å². The molecule has 0 saturated carbocycles. The summed E-state index contributed by atoms with van der Waals surface area (Å²) < 4.78 is 1.16. The van der Waals surface area contributed by atoms with Crippen LogP contribution in [0.5, 0.6) is 0 Å². The molecule has 0 radical (unpaired) electrons. The summed E-state index contributed by atoms with van der Waals surface area (Å²) in [4.78, 5) is 15.2. The summed E-state index contributed by atoms with van der Waals surface area (Å²) in [7, 11) is 0. The lowest BCUT2D eigenvalue weighted by atomic mass is 9.96. The van der Waals surface area contributed by atoms with Gasteiger partial charge in [-0.3, -0.25) is 0 Å². The molecule has 4 heteroatoms. The number of nitrogens with zero attached hydrogens (tertiary/aromatic N) is 2. The predicted molar refractivity (Wildman–Crippen MR) is 64.3 cm³/mol. The van der Waals surface area contributed by atoms with E-state index in [0.29, 0.717) is 5.82 Å². The van der Waals surface area contributed by atoms with Crippen LogP contribution in [0.3, 0.4) is 0 Å². The lowest BCUT2D eigenvalue weighted by Crippen LogP contribution is -2.14. The monoisotopic (exact) mass is 230 g/mol. The van der Waals surface area contributed by atoms with E-state index in [1.165, 1.54) is 12.4 Å². The third-order valence-corrected chi connectivity index (χ3v) is 2.92. The number of carboxylic acid groups (broad SMARTS) is 1. The molecule has 1 N–H and O–H groups in total. The van der Waals surface area contributed by atoms with E-state index in [4.69, 9.17) is 5.11 Å². The standard InChI is InChI=1S/C13H14N2O2/c1-9-5-3-4-6-11(9)10(2)12-14-7-8-15(12)13(16)17/h3-8,10H,1-2H3,(H,16,17)/t10-/m0/s1. The first-order chi connectivity index (χ1) is 8.11. The molecule has 0 aliphatic carbocycles. The molecule has 88 valence electrons. The molecule has 0 bridgehead atoms. The van der Waals surface area contributed by atoms with Crippen LogP contribution in [0, 0.1) is 6.92 Å². The molecule has 17 heavy (non-hydrogen) atoms. The van der Waals surface area contributed by atoms with Crippen LogP contribution in [0.4, 0.5) is 4.79 Å². The van der Waals surface area contributed by atoms with Crippen molar-refractivity contribution in [3.63, 3.8) is 0 Å². The van der Waals surface area contributed by atoms with Gasteiger partial charge in [-0.05, 0) is 18.1 Å². The summed E-state index contributed by atoms with van der Waals surface area (Å²) >= 11 is 0. The van der Waals surface area contributed by atoms with Crippen molar-refractivity contribution in [3.8, 4) is 0 Å². The molecule has 2 rings (SSSR count). The van der Waals surface area contributed by atoms with Crippen molar-refractivity contribution in [1.29, 1.82) is 0 Å². The molecule has 1 aromatic heterocycles. The van der Waals surface area contributed by atoms with Gasteiger partial charge < -0.3 is 5.11 Å². The third-order valence-electron chi connectivity index (χ3n) is 2.92. The van der Waals surface area contributed by atoms with Crippen molar-refractivity contribution >= 4 is 6.09 Å². The van der Waals surface area contributed by atoms with E-state index in [9.17, 15) is 4.79 Å². The summed E-state index contributed by atoms with van der Waals surface area (Å²) in [5, 5.41) is 9.04. The first-order valence-electron chi connectivity index (χ1n) is 5.43. The Morgan fingerprint density at radius 3 is 2.76 bits per heavy atom. The van der Waals surface area contributed by atoms with Gasteiger partial charge in [0, 0.05) is 18.3 Å². The Morgan fingerprint density at radius 2 is 2.12 bits per heavy atom. The number of benzene rings is 1. The van der Waals surface area contributed by atoms with E-state index in [1.807, 2.05) is 38.1 Å². The molecule has 0 saturated heterocycles. The average molecular weight is 230 g/mol. The maximum atomic E-state index is 11.0. The van der Waals surface area contributed by atoms with Crippen LogP contribution in [0.15, 0.2) is 36.7 Å². The molecule has 0 fully saturated rings. The molecule has 1 atom stereocenters. The molecule has 0 amide bonds. The van der Waals surface area contributed by atoms with Gasteiger partial charge in [0.2, 0.25) is 0 Å². The van der Waals surface area contributed by atoms with Gasteiger partial charge in [-0.25, -0.2) is 14.3 Å². The molecule has 1 heterocycles. The van der Waals surface area contributed by atoms with Gasteiger partial charge in [-0.2, -0.15) is 0 Å². The van der Waals surface area contributed by atoms with Crippen LogP contribution in [0.25, 0.3) is 0 Å². The Kier molecular flexibility index (Phi) is 2.95. The minimum Gasteiger partial charge on any atom is -0.464 e. The van der Waals surface area contributed by atoms with Gasteiger partial charge in [-0.15, -0.1) is 0 Å². The number of aromatic nitrogens is 2. The zero-order chi connectivity index (χ0) is 12.4. The van der Waals surface area contributed by atoms with E-state index in [2.05, 4.69) is 4.98 Å². The average Bonchev–Trinajstić information content (AvgIpc) is 2.77. The minimum absolute atomic E-state index is 0.0395. The molecule has 2 aromatic rings. The quantitative estimate of drug-likeness (QED) is 0.863. The summed E-state index contributed by atoms with van der Waals surface area (Å²) in [6, 6.07) is 7.93. The molecular formula is C13H14N2O2. The zero-order valence-electron chi connectivity index (χ0n) is 9.79. The molecule has 0 unspecified atom stereocenters. The number of aryl methyl sites for hydroxylation is 1. The molecule has 1 aromatic carbocycles. The Labute approximate surface area is 99.5 Å². The number of imidazole rings is 1. The van der Waals surface area contributed by atoms with Crippen molar-refractivity contribution in [3.05, 3.63) is 53.6 Å². The van der Waals surface area contributed by atoms with Crippen LogP contribution >= 0.6 is 0 Å². The fourth-order valence-corrected chi connectivity index (χ4v) is 2.01. The third kappa shape index (κ3) is 2.06. The van der Waals surface area contributed by atoms with Gasteiger partial charge in [0.05, 0.1) is 0 Å². The zero-order valence-corrected chi connectivity index (χ0v) is 9.79. The van der Waals surface area contributed by atoms with E-state index in [-0.39, 0.29) is 5.92 Å². The first kappa shape index (κ1) is 11.4. The summed E-state index contributed by atoms with van der Waals surface area (Å²) in [5.41, 5.74) is 2.24. The predicted octanol–water partition coefficient (Wildman–Crippen LogP) is 2.87. The minimum atomic E-state index is -1.00. The fraction of sp³-hybridized carbons (Fsp3) is 0.231. The summed E-state index contributed by atoms with van der Waals surface area (Å²) in [6.45, 7) is 3.98. The van der Waals surface area contributed by atoms with Gasteiger partial charge in [0.15, 0.2) is 0 Å². The van der Waals surface area contributed by atoms with Crippen molar-refractivity contribution in [1.82, 2.24) is 9.55 Å². The number of carbonyl (C=O) groups is 1. The van der Waals surface area contributed by atoms with Gasteiger partial charge in [-0.1, -0.05) is 31.2 Å². The SMILES string of the molecule is Cc1ccccc1[C@H](C)c1nccn1C(=O)O. The van der Waals surface area contributed by atoms with E-state index < -0.39 is 6.09 Å². The molecule has 0 aliphatic heterocycles. The lowest BCUT2D eigenvalue weighted by Gasteiger charge is -2.14. The van der Waals surface area contributed by atoms with Crippen LogP contribution in [-0.4, -0.2) is 20.8 Å². The van der Waals surface area contributed by atoms with Gasteiger partial charge in [0.25, 0.3) is 0 Å². The molecule has 4 nitrogen and oxygen atoms in total. The highest BCUT2D eigenvalue weighted by Crippen LogP contribution is 2.25. The Morgan fingerprint density at radius 1 is 1.41 bits per heavy atom. The van der Waals surface area contributed by atoms with E-state index >= 15 is 0 Å². The lowest BCUT2D eigenvalue weighted by molar-refractivity contribution is 0.195. The second kappa shape index (κ2) is 4.41. The maximum absolute atomic E-state index is 11.0. The van der Waals surface area contributed by atoms with Crippen LogP contribution in [0.2, 0.25) is 0 Å².